The van der Waals surface area contributed by atoms with Crippen LogP contribution in [0.25, 0.3) is 10.9 Å². The lowest BCUT2D eigenvalue weighted by Gasteiger charge is -2.16. The molecule has 0 saturated heterocycles. The van der Waals surface area contributed by atoms with Crippen LogP contribution in [0.2, 0.25) is 0 Å². The first kappa shape index (κ1) is 17.4. The maximum Gasteiger partial charge on any atom is 0.305 e. The van der Waals surface area contributed by atoms with Crippen LogP contribution in [0.1, 0.15) is 33.5 Å². The minimum Gasteiger partial charge on any atom is -0.493 e. The molecule has 0 saturated carbocycles. The predicted molar refractivity (Wildman–Crippen MR) is 102 cm³/mol. The second-order valence-corrected chi connectivity index (χ2v) is 8.54. The van der Waals surface area contributed by atoms with Gasteiger partial charge in [-0.05, 0) is 64.9 Å². The van der Waals surface area contributed by atoms with Gasteiger partial charge in [-0.15, -0.1) is 21.6 Å². The number of nitrogens with one attached hydrogen (secondary N) is 1. The van der Waals surface area contributed by atoms with E-state index in [-0.39, 0.29) is 11.6 Å². The molecule has 0 aliphatic heterocycles. The maximum atomic E-state index is 13.7. The Morgan fingerprint density at radius 2 is 2.23 bits per heavy atom. The number of aromatic amines is 1. The summed E-state index contributed by atoms with van der Waals surface area (Å²) in [4.78, 5) is 16.9. The molecule has 3 aromatic rings. The Morgan fingerprint density at radius 3 is 3.04 bits per heavy atom. The van der Waals surface area contributed by atoms with E-state index < -0.39 is 11.7 Å². The fraction of sp³-hybridized carbons (Fsp3) is 0.278. The number of aryl methyl sites for hydroxylation is 1. The van der Waals surface area contributed by atoms with Crippen molar-refractivity contribution in [3.05, 3.63) is 43.8 Å². The molecule has 134 valence electrons. The molecule has 0 unspecified atom stereocenters. The highest BCUT2D eigenvalue weighted by molar-refractivity contribution is 9.10. The van der Waals surface area contributed by atoms with Crippen LogP contribution in [0.5, 0.6) is 5.88 Å². The number of hydrogen-bond acceptors (Lipinski definition) is 4. The Bertz CT molecular complexity index is 1060. The lowest BCUT2D eigenvalue weighted by atomic mass is 9.90. The lowest BCUT2D eigenvalue weighted by molar-refractivity contribution is 0.0999. The summed E-state index contributed by atoms with van der Waals surface area (Å²) in [7, 11) is 0. The van der Waals surface area contributed by atoms with Crippen molar-refractivity contribution in [2.45, 2.75) is 26.2 Å². The zero-order valence-electron chi connectivity index (χ0n) is 13.8. The van der Waals surface area contributed by atoms with Crippen molar-refractivity contribution in [3.63, 3.8) is 0 Å². The second kappa shape index (κ2) is 6.59. The van der Waals surface area contributed by atoms with Crippen molar-refractivity contribution in [3.8, 4) is 5.88 Å². The van der Waals surface area contributed by atoms with E-state index in [1.807, 2.05) is 6.07 Å². The smallest absolute Gasteiger partial charge is 0.305 e. The summed E-state index contributed by atoms with van der Waals surface area (Å²) in [6.07, 6.45) is 3.10. The number of hydrogen-bond donors (Lipinski definition) is 2. The Morgan fingerprint density at radius 1 is 1.42 bits per heavy atom. The third-order valence-electron chi connectivity index (χ3n) is 4.56. The van der Waals surface area contributed by atoms with Crippen molar-refractivity contribution in [1.29, 1.82) is 0 Å². The molecule has 8 heteroatoms. The summed E-state index contributed by atoms with van der Waals surface area (Å²) in [5, 5.41) is 18.0. The first-order valence-electron chi connectivity index (χ1n) is 8.19. The van der Waals surface area contributed by atoms with Gasteiger partial charge in [-0.25, -0.2) is 4.39 Å². The van der Waals surface area contributed by atoms with Crippen LogP contribution in [-0.4, -0.2) is 16.0 Å². The molecule has 0 fully saturated rings. The van der Waals surface area contributed by atoms with Gasteiger partial charge in [-0.1, -0.05) is 6.92 Å². The third-order valence-corrected chi connectivity index (χ3v) is 6.41. The molecule has 0 spiro atoms. The zero-order chi connectivity index (χ0) is 18.4. The molecule has 0 bridgehead atoms. The van der Waals surface area contributed by atoms with Gasteiger partial charge in [0.2, 0.25) is 5.88 Å². The first-order valence-corrected chi connectivity index (χ1v) is 9.80. The lowest BCUT2D eigenvalue weighted by Crippen LogP contribution is -2.08. The van der Waals surface area contributed by atoms with E-state index >= 15 is 0 Å². The minimum atomic E-state index is -0.480. The highest BCUT2D eigenvalue weighted by Crippen LogP contribution is 2.39. The molecule has 2 aromatic heterocycles. The Balaban J connectivity index is 1.65. The van der Waals surface area contributed by atoms with Crippen LogP contribution in [0, 0.1) is 11.7 Å². The molecule has 1 amide bonds. The molecular formula is C18H15BrFN3O2S. The molecule has 1 aliphatic rings. The highest BCUT2D eigenvalue weighted by atomic mass is 79.9. The number of fused-ring (bicyclic) bond motifs is 2. The number of thiophene rings is 1. The third kappa shape index (κ3) is 3.07. The van der Waals surface area contributed by atoms with Crippen LogP contribution in [0.3, 0.4) is 0 Å². The average molecular weight is 436 g/mol. The summed E-state index contributed by atoms with van der Waals surface area (Å²) >= 11 is 4.68. The summed E-state index contributed by atoms with van der Waals surface area (Å²) in [5.74, 6) is -0.576. The van der Waals surface area contributed by atoms with E-state index in [0.717, 1.165) is 19.3 Å². The molecule has 1 aromatic carbocycles. The number of nitrogens with zero attached hydrogens (tertiary/aromatic N) is 2. The van der Waals surface area contributed by atoms with Gasteiger partial charge in [0.25, 0.3) is 0 Å². The maximum absolute atomic E-state index is 13.7. The number of azo groups is 1. The van der Waals surface area contributed by atoms with Gasteiger partial charge in [0, 0.05) is 14.7 Å². The number of carbonyl (C=O) groups excluding carboxylic acids is 1. The fourth-order valence-corrected chi connectivity index (χ4v) is 4.87. The fourth-order valence-electron chi connectivity index (χ4n) is 3.25. The summed E-state index contributed by atoms with van der Waals surface area (Å²) in [5.41, 5.74) is 1.75. The standard InChI is InChI=1S/C18H15BrFN3O2S/c1-8-2-3-13-9(4-8)5-14(26-13)17(24)23-22-16-11-6-10(20)7-12(19)15(11)21-18(16)25/h5-8,21,25H,2-4H2,1H3/t8-/m0/s1. The predicted octanol–water partition coefficient (Wildman–Crippen LogP) is 5.89. The zero-order valence-corrected chi connectivity index (χ0v) is 16.2. The molecule has 0 radical (unpaired) electrons. The van der Waals surface area contributed by atoms with E-state index in [1.54, 1.807) is 0 Å². The molecule has 5 nitrogen and oxygen atoms in total. The summed E-state index contributed by atoms with van der Waals surface area (Å²) in [6, 6.07) is 4.41. The molecule has 2 heterocycles. The van der Waals surface area contributed by atoms with Gasteiger partial charge in [0.05, 0.1) is 10.4 Å². The summed E-state index contributed by atoms with van der Waals surface area (Å²) < 4.78 is 14.1. The SMILES string of the molecule is C[C@H]1CCc2sc(C(=O)N=Nc3c(O)[nH]c4c(Br)cc(F)cc34)cc2C1. The molecule has 2 N–H and O–H groups in total. The van der Waals surface area contributed by atoms with Crippen LogP contribution in [-0.2, 0) is 12.8 Å². The van der Waals surface area contributed by atoms with Crippen molar-refractivity contribution < 1.29 is 14.3 Å². The quantitative estimate of drug-likeness (QED) is 0.492. The monoisotopic (exact) mass is 435 g/mol. The second-order valence-electron chi connectivity index (χ2n) is 6.54. The van der Waals surface area contributed by atoms with Crippen LogP contribution < -0.4 is 0 Å². The number of aromatic hydroxyl groups is 1. The Labute approximate surface area is 161 Å². The van der Waals surface area contributed by atoms with Crippen molar-refractivity contribution >= 4 is 49.8 Å². The number of carbonyl (C=O) groups is 1. The summed E-state index contributed by atoms with van der Waals surface area (Å²) in [6.45, 7) is 2.21. The van der Waals surface area contributed by atoms with Gasteiger partial charge in [-0.3, -0.25) is 4.79 Å². The number of halogens is 2. The van der Waals surface area contributed by atoms with E-state index in [1.165, 1.54) is 33.9 Å². The number of rotatable bonds is 2. The normalized spacial score (nSPS) is 17.1. The van der Waals surface area contributed by atoms with E-state index in [9.17, 15) is 14.3 Å². The molecule has 26 heavy (non-hydrogen) atoms. The van der Waals surface area contributed by atoms with Gasteiger partial charge < -0.3 is 10.1 Å². The number of H-pyrrole nitrogens is 1. The van der Waals surface area contributed by atoms with Crippen LogP contribution in [0.15, 0.2) is 32.9 Å². The Kier molecular flexibility index (Phi) is 4.40. The van der Waals surface area contributed by atoms with Gasteiger partial charge in [-0.2, -0.15) is 0 Å². The van der Waals surface area contributed by atoms with Gasteiger partial charge >= 0.3 is 5.91 Å². The number of aromatic nitrogens is 1. The first-order chi connectivity index (χ1) is 12.4. The largest absolute Gasteiger partial charge is 0.493 e. The van der Waals surface area contributed by atoms with Crippen LogP contribution >= 0.6 is 27.3 Å². The van der Waals surface area contributed by atoms with E-state index in [4.69, 9.17) is 0 Å². The number of amides is 1. The van der Waals surface area contributed by atoms with Gasteiger partial charge in [0.1, 0.15) is 5.82 Å². The highest BCUT2D eigenvalue weighted by Gasteiger charge is 2.21. The topological polar surface area (TPSA) is 77.8 Å². The van der Waals surface area contributed by atoms with E-state index in [2.05, 4.69) is 38.1 Å². The number of benzene rings is 1. The molecule has 1 atom stereocenters. The molecule has 1 aliphatic carbocycles. The Hall–Kier alpha value is -2.06. The average Bonchev–Trinajstić information content (AvgIpc) is 3.13. The molecule has 4 rings (SSSR count). The molecular weight excluding hydrogens is 421 g/mol. The minimum absolute atomic E-state index is 0.0449. The van der Waals surface area contributed by atoms with Gasteiger partial charge in [0.15, 0.2) is 5.69 Å². The van der Waals surface area contributed by atoms with Crippen molar-refractivity contribution in [1.82, 2.24) is 4.98 Å². The van der Waals surface area contributed by atoms with Crippen molar-refractivity contribution in [2.75, 3.05) is 0 Å². The van der Waals surface area contributed by atoms with Crippen LogP contribution in [0.4, 0.5) is 10.1 Å². The van der Waals surface area contributed by atoms with Crippen molar-refractivity contribution in [2.24, 2.45) is 16.1 Å². The van der Waals surface area contributed by atoms with E-state index in [0.29, 0.717) is 26.2 Å².